The molecule has 0 atom stereocenters. The number of rotatable bonds is 11. The molecule has 4 rings (SSSR count). The van der Waals surface area contributed by atoms with Crippen molar-refractivity contribution in [3.05, 3.63) is 74.2 Å². The van der Waals surface area contributed by atoms with Crippen LogP contribution in [0, 0.1) is 13.8 Å². The van der Waals surface area contributed by atoms with Crippen LogP contribution in [0.4, 0.5) is 0 Å². The van der Waals surface area contributed by atoms with Gasteiger partial charge in [0.25, 0.3) is 8.53 Å². The van der Waals surface area contributed by atoms with Gasteiger partial charge >= 0.3 is 11.6 Å². The van der Waals surface area contributed by atoms with E-state index in [-0.39, 0.29) is 24.7 Å². The Hall–Kier alpha value is -3.11. The Balaban J connectivity index is 1.71. The van der Waals surface area contributed by atoms with Crippen molar-refractivity contribution in [3.63, 3.8) is 0 Å². The number of benzene rings is 1. The first-order valence-electron chi connectivity index (χ1n) is 10.8. The summed E-state index contributed by atoms with van der Waals surface area (Å²) in [6.45, 7) is 3.96. The van der Waals surface area contributed by atoms with Crippen molar-refractivity contribution in [2.75, 3.05) is 27.7 Å². The van der Waals surface area contributed by atoms with Gasteiger partial charge in [-0.3, -0.25) is 4.34 Å². The van der Waals surface area contributed by atoms with Crippen LogP contribution in [0.2, 0.25) is 0 Å². The maximum Gasteiger partial charge on any atom is 0.519 e. The summed E-state index contributed by atoms with van der Waals surface area (Å²) in [4.78, 5) is 25.0. The number of fused-ring (bicyclic) bond motifs is 1. The zero-order chi connectivity index (χ0) is 25.1. The van der Waals surface area contributed by atoms with Gasteiger partial charge in [-0.25, -0.2) is 9.59 Å². The summed E-state index contributed by atoms with van der Waals surface area (Å²) < 4.78 is 39.6. The number of methoxy groups -OCH3 is 1. The molecule has 0 radical (unpaired) electrons. The predicted molar refractivity (Wildman–Crippen MR) is 127 cm³/mol. The Morgan fingerprint density at radius 3 is 2.03 bits per heavy atom. The molecule has 0 aliphatic heterocycles. The fourth-order valence-corrected chi connectivity index (χ4v) is 4.82. The molecule has 12 heteroatoms. The van der Waals surface area contributed by atoms with Crippen LogP contribution < -0.4 is 16.4 Å². The van der Waals surface area contributed by atoms with Gasteiger partial charge < -0.3 is 36.4 Å². The Morgan fingerprint density at radius 1 is 0.943 bits per heavy atom. The van der Waals surface area contributed by atoms with Gasteiger partial charge in [-0.05, 0) is 52.1 Å². The summed E-state index contributed by atoms with van der Waals surface area (Å²) in [6.07, 6.45) is 2.79. The largest absolute Gasteiger partial charge is 0.519 e. The summed E-state index contributed by atoms with van der Waals surface area (Å²) in [7, 11) is 3.84. The Bertz CT molecular complexity index is 1350. The first kappa shape index (κ1) is 25.0. The first-order valence-corrected chi connectivity index (χ1v) is 12.0. The van der Waals surface area contributed by atoms with Gasteiger partial charge in [0.1, 0.15) is 30.5 Å². The van der Waals surface area contributed by atoms with E-state index in [2.05, 4.69) is 4.90 Å². The third kappa shape index (κ3) is 5.76. The molecule has 0 amide bonds. The van der Waals surface area contributed by atoms with E-state index >= 15 is 0 Å². The fraction of sp³-hybridized carbons (Fsp3) is 0.391. The number of hydrogen-bond acceptors (Lipinski definition) is 10. The standard InChI is InChI=1S/C23H27N2O9P/c1-14-20(33-22(26)31-14)12-29-35(30-13-21-15(2)32-23(27)34-21)25-11-16(8-9-24(3)4)18-7-6-17(28-5)10-19(18)25/h6-7,10-11H,8-9,12-13H2,1-5H3. The molecule has 188 valence electrons. The average Bonchev–Trinajstić information content (AvgIpc) is 3.45. The van der Waals surface area contributed by atoms with Crippen LogP contribution >= 0.6 is 8.53 Å². The first-order chi connectivity index (χ1) is 16.7. The van der Waals surface area contributed by atoms with Crippen LogP contribution in [0.25, 0.3) is 10.9 Å². The van der Waals surface area contributed by atoms with E-state index in [9.17, 15) is 9.59 Å². The van der Waals surface area contributed by atoms with Gasteiger partial charge in [0, 0.05) is 24.2 Å². The summed E-state index contributed by atoms with van der Waals surface area (Å²) in [6, 6.07) is 5.81. The smallest absolute Gasteiger partial charge is 0.497 e. The monoisotopic (exact) mass is 506 g/mol. The van der Waals surface area contributed by atoms with Gasteiger partial charge in [-0.2, -0.15) is 0 Å². The van der Waals surface area contributed by atoms with Crippen LogP contribution in [-0.2, 0) is 28.7 Å². The van der Waals surface area contributed by atoms with Gasteiger partial charge in [0.2, 0.25) is 0 Å². The highest BCUT2D eigenvalue weighted by Crippen LogP contribution is 2.46. The van der Waals surface area contributed by atoms with Crippen molar-refractivity contribution in [2.24, 2.45) is 0 Å². The topological polar surface area (TPSA) is 123 Å². The van der Waals surface area contributed by atoms with E-state index < -0.39 is 20.2 Å². The number of aromatic nitrogens is 1. The zero-order valence-corrected chi connectivity index (χ0v) is 21.0. The van der Waals surface area contributed by atoms with Crippen LogP contribution in [0.15, 0.2) is 51.7 Å². The highest BCUT2D eigenvalue weighted by molar-refractivity contribution is 7.45. The van der Waals surface area contributed by atoms with Crippen molar-refractivity contribution >= 4 is 19.4 Å². The maximum atomic E-state index is 11.5. The minimum atomic E-state index is -1.79. The van der Waals surface area contributed by atoms with E-state index in [1.807, 2.05) is 42.8 Å². The zero-order valence-electron chi connectivity index (χ0n) is 20.2. The summed E-state index contributed by atoms with van der Waals surface area (Å²) in [5, 5.41) is 1.03. The predicted octanol–water partition coefficient (Wildman–Crippen LogP) is 3.97. The van der Waals surface area contributed by atoms with E-state index in [1.165, 1.54) is 0 Å². The number of ether oxygens (including phenoxy) is 1. The number of hydrogen-bond donors (Lipinski definition) is 0. The molecule has 3 aromatic heterocycles. The van der Waals surface area contributed by atoms with Crippen molar-refractivity contribution in [1.29, 1.82) is 0 Å². The Kier molecular flexibility index (Phi) is 7.61. The second kappa shape index (κ2) is 10.7. The third-order valence-electron chi connectivity index (χ3n) is 5.36. The van der Waals surface area contributed by atoms with Gasteiger partial charge in [0.15, 0.2) is 11.5 Å². The van der Waals surface area contributed by atoms with Gasteiger partial charge in [0.05, 0.1) is 12.6 Å². The second-order valence-electron chi connectivity index (χ2n) is 8.09. The number of nitrogens with zero attached hydrogens (tertiary/aromatic N) is 2. The molecule has 0 bridgehead atoms. The van der Waals surface area contributed by atoms with Crippen LogP contribution in [0.5, 0.6) is 5.75 Å². The fourth-order valence-electron chi connectivity index (χ4n) is 3.47. The van der Waals surface area contributed by atoms with Gasteiger partial charge in [-0.1, -0.05) is 0 Å². The molecule has 0 aliphatic carbocycles. The van der Waals surface area contributed by atoms with Crippen molar-refractivity contribution in [2.45, 2.75) is 33.5 Å². The molecule has 3 heterocycles. The van der Waals surface area contributed by atoms with E-state index in [0.29, 0.717) is 17.3 Å². The SMILES string of the molecule is COc1ccc2c(CCN(C)C)cn(P(OCc3oc(=O)oc3C)OCc3oc(=O)oc3C)c2c1. The molecule has 0 saturated heterocycles. The second-order valence-corrected chi connectivity index (χ2v) is 9.51. The quantitative estimate of drug-likeness (QED) is 0.276. The molecular formula is C23H27N2O9P. The van der Waals surface area contributed by atoms with Crippen LogP contribution in [-0.4, -0.2) is 37.0 Å². The average molecular weight is 506 g/mol. The van der Waals surface area contributed by atoms with Crippen LogP contribution in [0.3, 0.4) is 0 Å². The van der Waals surface area contributed by atoms with E-state index in [4.69, 9.17) is 31.5 Å². The Labute approximate surface area is 201 Å². The molecule has 0 spiro atoms. The molecule has 0 N–H and O–H groups in total. The van der Waals surface area contributed by atoms with Crippen molar-refractivity contribution < 1.29 is 31.5 Å². The molecule has 1 aromatic carbocycles. The highest BCUT2D eigenvalue weighted by atomic mass is 31.2. The van der Waals surface area contributed by atoms with E-state index in [0.717, 1.165) is 29.4 Å². The van der Waals surface area contributed by atoms with Crippen molar-refractivity contribution in [1.82, 2.24) is 9.24 Å². The minimum Gasteiger partial charge on any atom is -0.497 e. The minimum absolute atomic E-state index is 0.0612. The number of likely N-dealkylation sites (N-methyl/N-ethyl adjacent to an activating group) is 1. The molecule has 0 saturated carbocycles. The summed E-state index contributed by atoms with van der Waals surface area (Å²) in [5.41, 5.74) is 1.95. The lowest BCUT2D eigenvalue weighted by molar-refractivity contribution is 0.200. The lowest BCUT2D eigenvalue weighted by Crippen LogP contribution is -2.14. The van der Waals surface area contributed by atoms with Gasteiger partial charge in [-0.15, -0.1) is 0 Å². The molecular weight excluding hydrogens is 479 g/mol. The lowest BCUT2D eigenvalue weighted by atomic mass is 10.1. The summed E-state index contributed by atoms with van der Waals surface area (Å²) >= 11 is 0. The molecule has 11 nitrogen and oxygen atoms in total. The van der Waals surface area contributed by atoms with Crippen LogP contribution in [0.1, 0.15) is 28.6 Å². The number of aryl methyl sites for hydroxylation is 2. The molecule has 0 unspecified atom stereocenters. The highest BCUT2D eigenvalue weighted by Gasteiger charge is 2.23. The maximum absolute atomic E-state index is 11.5. The molecule has 4 aromatic rings. The molecule has 0 fully saturated rings. The Morgan fingerprint density at radius 2 is 1.54 bits per heavy atom. The molecule has 35 heavy (non-hydrogen) atoms. The van der Waals surface area contributed by atoms with E-state index in [1.54, 1.807) is 21.0 Å². The van der Waals surface area contributed by atoms with Crippen molar-refractivity contribution in [3.8, 4) is 5.75 Å². The molecule has 0 aliphatic rings. The normalized spacial score (nSPS) is 11.9. The third-order valence-corrected chi connectivity index (χ3v) is 6.75. The lowest BCUT2D eigenvalue weighted by Gasteiger charge is -2.18. The summed E-state index contributed by atoms with van der Waals surface area (Å²) in [5.74, 6) is 0.255.